The summed E-state index contributed by atoms with van der Waals surface area (Å²) in [6.07, 6.45) is 6.76. The molecule has 0 radical (unpaired) electrons. The Balaban J connectivity index is 0.000000853. The lowest BCUT2D eigenvalue weighted by atomic mass is 9.37. The Morgan fingerprint density at radius 1 is 1.13 bits per heavy atom. The van der Waals surface area contributed by atoms with E-state index in [1.54, 1.807) is 0 Å². The van der Waals surface area contributed by atoms with Gasteiger partial charge in [0.15, 0.2) is 0 Å². The molecule has 0 aromatic heterocycles. The van der Waals surface area contributed by atoms with Gasteiger partial charge in [0, 0.05) is 6.04 Å². The van der Waals surface area contributed by atoms with E-state index in [4.69, 9.17) is 10.8 Å². The van der Waals surface area contributed by atoms with Crippen LogP contribution in [-0.2, 0) is 4.79 Å². The molecule has 3 fully saturated rings. The van der Waals surface area contributed by atoms with E-state index >= 15 is 0 Å². The second-order valence-corrected chi connectivity index (χ2v) is 5.97. The van der Waals surface area contributed by atoms with E-state index in [2.05, 4.69) is 0 Å². The van der Waals surface area contributed by atoms with Crippen molar-refractivity contribution in [3.8, 4) is 0 Å². The van der Waals surface area contributed by atoms with Crippen molar-refractivity contribution < 1.29 is 9.90 Å². The highest BCUT2D eigenvalue weighted by atomic mass is 35.5. The van der Waals surface area contributed by atoms with E-state index in [0.717, 1.165) is 12.8 Å². The van der Waals surface area contributed by atoms with E-state index in [9.17, 15) is 4.79 Å². The molecule has 3 aliphatic rings. The molecule has 15 heavy (non-hydrogen) atoms. The molecule has 0 bridgehead atoms. The Morgan fingerprint density at radius 3 is 2.00 bits per heavy atom. The summed E-state index contributed by atoms with van der Waals surface area (Å²) in [7, 11) is 0. The van der Waals surface area contributed by atoms with Crippen LogP contribution < -0.4 is 5.73 Å². The Bertz CT molecular complexity index is 283. The lowest BCUT2D eigenvalue weighted by molar-refractivity contribution is -0.185. The van der Waals surface area contributed by atoms with Crippen LogP contribution in [0.25, 0.3) is 0 Å². The summed E-state index contributed by atoms with van der Waals surface area (Å²) >= 11 is 0. The molecule has 0 aromatic carbocycles. The number of carboxylic acid groups (broad SMARTS) is 1. The van der Waals surface area contributed by atoms with Crippen LogP contribution in [0.5, 0.6) is 0 Å². The SMILES string of the molecule is Cl.NC1CC2(C1)CC1(CC(C(=O)O)C1)C2. The van der Waals surface area contributed by atoms with Gasteiger partial charge in [0.25, 0.3) is 0 Å². The predicted octanol–water partition coefficient (Wildman–Crippen LogP) is 1.79. The Labute approximate surface area is 95.8 Å². The first-order valence-corrected chi connectivity index (χ1v) is 5.51. The Kier molecular flexibility index (Phi) is 2.32. The summed E-state index contributed by atoms with van der Waals surface area (Å²) < 4.78 is 0. The standard InChI is InChI=1S/C11H17NO2.ClH/c12-8-3-11(4-8)5-10(6-11)1-7(2-10)9(13)14;/h7-8H,1-6,12H2,(H,13,14);1H. The minimum absolute atomic E-state index is 0. The molecular weight excluding hydrogens is 214 g/mol. The number of carboxylic acids is 1. The molecule has 0 atom stereocenters. The highest BCUT2D eigenvalue weighted by Crippen LogP contribution is 2.71. The van der Waals surface area contributed by atoms with E-state index in [1.165, 1.54) is 25.7 Å². The van der Waals surface area contributed by atoms with Crippen LogP contribution in [0.15, 0.2) is 0 Å². The maximum Gasteiger partial charge on any atom is 0.306 e. The van der Waals surface area contributed by atoms with Crippen LogP contribution in [0.3, 0.4) is 0 Å². The zero-order valence-corrected chi connectivity index (χ0v) is 9.55. The van der Waals surface area contributed by atoms with Gasteiger partial charge in [0.2, 0.25) is 0 Å². The molecule has 0 unspecified atom stereocenters. The molecule has 0 aromatic rings. The first kappa shape index (κ1) is 11.2. The second-order valence-electron chi connectivity index (χ2n) is 5.97. The van der Waals surface area contributed by atoms with Gasteiger partial charge >= 0.3 is 5.97 Å². The third-order valence-corrected chi connectivity index (χ3v) is 4.60. The molecule has 4 heteroatoms. The second kappa shape index (κ2) is 3.11. The zero-order chi connectivity index (χ0) is 9.97. The number of carbonyl (C=O) groups is 1. The summed E-state index contributed by atoms with van der Waals surface area (Å²) in [6.45, 7) is 0. The number of aliphatic carboxylic acids is 1. The molecule has 0 aliphatic heterocycles. The van der Waals surface area contributed by atoms with Gasteiger partial charge < -0.3 is 10.8 Å². The van der Waals surface area contributed by atoms with Crippen molar-refractivity contribution in [1.82, 2.24) is 0 Å². The maximum atomic E-state index is 10.7. The van der Waals surface area contributed by atoms with E-state index in [-0.39, 0.29) is 18.3 Å². The van der Waals surface area contributed by atoms with Gasteiger partial charge in [0.1, 0.15) is 0 Å². The van der Waals surface area contributed by atoms with Crippen LogP contribution in [-0.4, -0.2) is 17.1 Å². The van der Waals surface area contributed by atoms with E-state index in [1.807, 2.05) is 0 Å². The largest absolute Gasteiger partial charge is 0.481 e. The Morgan fingerprint density at radius 2 is 1.60 bits per heavy atom. The monoisotopic (exact) mass is 231 g/mol. The van der Waals surface area contributed by atoms with Crippen LogP contribution in [0.4, 0.5) is 0 Å². The van der Waals surface area contributed by atoms with Crippen LogP contribution in [0, 0.1) is 16.7 Å². The van der Waals surface area contributed by atoms with Gasteiger partial charge in [0.05, 0.1) is 5.92 Å². The molecule has 2 spiro atoms. The quantitative estimate of drug-likeness (QED) is 0.723. The Hall–Kier alpha value is -0.280. The maximum absolute atomic E-state index is 10.7. The first-order valence-electron chi connectivity index (χ1n) is 5.51. The van der Waals surface area contributed by atoms with Crippen LogP contribution >= 0.6 is 12.4 Å². The molecule has 3 N–H and O–H groups in total. The molecule has 0 heterocycles. The van der Waals surface area contributed by atoms with Crippen molar-refractivity contribution in [2.45, 2.75) is 44.6 Å². The topological polar surface area (TPSA) is 63.3 Å². The predicted molar refractivity (Wildman–Crippen MR) is 58.9 cm³/mol. The van der Waals surface area contributed by atoms with Crippen molar-refractivity contribution in [3.05, 3.63) is 0 Å². The molecule has 0 amide bonds. The number of halogens is 1. The lowest BCUT2D eigenvalue weighted by Gasteiger charge is -2.67. The van der Waals surface area contributed by atoms with Crippen molar-refractivity contribution >= 4 is 18.4 Å². The summed E-state index contributed by atoms with van der Waals surface area (Å²) in [5, 5.41) is 8.81. The molecular formula is C11H18ClNO2. The molecule has 3 saturated carbocycles. The summed E-state index contributed by atoms with van der Waals surface area (Å²) in [6, 6.07) is 0.433. The van der Waals surface area contributed by atoms with Gasteiger partial charge in [-0.05, 0) is 49.4 Å². The van der Waals surface area contributed by atoms with Gasteiger partial charge in [-0.3, -0.25) is 4.79 Å². The molecule has 3 nitrogen and oxygen atoms in total. The minimum atomic E-state index is -0.595. The van der Waals surface area contributed by atoms with Gasteiger partial charge in [-0.25, -0.2) is 0 Å². The number of rotatable bonds is 1. The smallest absolute Gasteiger partial charge is 0.306 e. The van der Waals surface area contributed by atoms with Crippen LogP contribution in [0.1, 0.15) is 38.5 Å². The van der Waals surface area contributed by atoms with Crippen molar-refractivity contribution in [2.24, 2.45) is 22.5 Å². The normalized spacial score (nSPS) is 51.3. The van der Waals surface area contributed by atoms with Gasteiger partial charge in [-0.2, -0.15) is 0 Å². The zero-order valence-electron chi connectivity index (χ0n) is 8.74. The van der Waals surface area contributed by atoms with E-state index in [0.29, 0.717) is 16.9 Å². The van der Waals surface area contributed by atoms with Crippen molar-refractivity contribution in [2.75, 3.05) is 0 Å². The van der Waals surface area contributed by atoms with E-state index < -0.39 is 5.97 Å². The highest BCUT2D eigenvalue weighted by molar-refractivity contribution is 5.85. The average Bonchev–Trinajstić information content (AvgIpc) is 1.87. The van der Waals surface area contributed by atoms with Gasteiger partial charge in [-0.1, -0.05) is 0 Å². The summed E-state index contributed by atoms with van der Waals surface area (Å²) in [5.41, 5.74) is 6.79. The van der Waals surface area contributed by atoms with Crippen molar-refractivity contribution in [1.29, 1.82) is 0 Å². The number of hydrogen-bond donors (Lipinski definition) is 2. The van der Waals surface area contributed by atoms with Crippen LogP contribution in [0.2, 0.25) is 0 Å². The summed E-state index contributed by atoms with van der Waals surface area (Å²) in [5.74, 6) is -0.636. The van der Waals surface area contributed by atoms with Gasteiger partial charge in [-0.15, -0.1) is 12.4 Å². The fourth-order valence-corrected chi connectivity index (χ4v) is 4.33. The number of hydrogen-bond acceptors (Lipinski definition) is 2. The average molecular weight is 232 g/mol. The molecule has 86 valence electrons. The highest BCUT2D eigenvalue weighted by Gasteiger charge is 2.64. The fraction of sp³-hybridized carbons (Fsp3) is 0.909. The number of nitrogens with two attached hydrogens (primary N) is 1. The molecule has 0 saturated heterocycles. The lowest BCUT2D eigenvalue weighted by Crippen LogP contribution is -2.62. The van der Waals surface area contributed by atoms with Crippen molar-refractivity contribution in [3.63, 3.8) is 0 Å². The first-order chi connectivity index (χ1) is 6.53. The minimum Gasteiger partial charge on any atom is -0.481 e. The third kappa shape index (κ3) is 1.48. The molecule has 3 rings (SSSR count). The molecule has 3 aliphatic carbocycles. The third-order valence-electron chi connectivity index (χ3n) is 4.60. The fourth-order valence-electron chi connectivity index (χ4n) is 4.33. The summed E-state index contributed by atoms with van der Waals surface area (Å²) in [4.78, 5) is 10.7.